The molecule has 1 aliphatic heterocycles. The van der Waals surface area contributed by atoms with Crippen LogP contribution in [0.15, 0.2) is 183 Å². The lowest BCUT2D eigenvalue weighted by molar-refractivity contribution is -0.118. The molecule has 2 aromatic heterocycles. The molecule has 17 heteroatoms. The third-order valence-corrected chi connectivity index (χ3v) is 18.1. The third-order valence-electron chi connectivity index (χ3n) is 14.4. The predicted molar refractivity (Wildman–Crippen MR) is 322 cm³/mol. The molecule has 9 rings (SSSR count). The van der Waals surface area contributed by atoms with Crippen molar-refractivity contribution in [2.24, 2.45) is 5.92 Å². The third kappa shape index (κ3) is 12.9. The maximum absolute atomic E-state index is 13.2. The number of carbonyl (C=O) groups excluding carboxylic acids is 1. The summed E-state index contributed by atoms with van der Waals surface area (Å²) in [6.07, 6.45) is -0.328. The normalized spacial score (nSPS) is 16.9. The van der Waals surface area contributed by atoms with E-state index in [1.54, 1.807) is 32.3 Å². The van der Waals surface area contributed by atoms with Crippen LogP contribution < -0.4 is 14.8 Å². The number of imidazole rings is 1. The predicted octanol–water partition coefficient (Wildman–Crippen LogP) is 13.1. The summed E-state index contributed by atoms with van der Waals surface area (Å²) in [7, 11) is 1.41. The molecule has 15 nitrogen and oxygen atoms in total. The smallest absolute Gasteiger partial charge is 0.259 e. The molecule has 426 valence electrons. The highest BCUT2D eigenvalue weighted by Gasteiger charge is 2.52. The minimum absolute atomic E-state index is 0.0245. The van der Waals surface area contributed by atoms with Gasteiger partial charge in [0, 0.05) is 23.8 Å². The molecule has 1 saturated heterocycles. The van der Waals surface area contributed by atoms with Crippen molar-refractivity contribution in [1.82, 2.24) is 24.2 Å². The van der Waals surface area contributed by atoms with Crippen LogP contribution in [0.2, 0.25) is 0 Å². The van der Waals surface area contributed by atoms with Crippen LogP contribution in [0.4, 0.5) is 5.82 Å². The summed E-state index contributed by atoms with van der Waals surface area (Å²) < 4.78 is 51.5. The largest absolute Gasteiger partial charge is 0.497 e. The van der Waals surface area contributed by atoms with E-state index < -0.39 is 43.4 Å². The average Bonchev–Trinajstić information content (AvgIpc) is 3.52. The second-order valence-electron chi connectivity index (χ2n) is 20.7. The number of nitrogens with zero attached hydrogens (tertiary/aromatic N) is 6. The van der Waals surface area contributed by atoms with E-state index in [1.807, 2.05) is 103 Å². The van der Waals surface area contributed by atoms with Gasteiger partial charge in [0.2, 0.25) is 5.91 Å². The lowest BCUT2D eigenvalue weighted by Gasteiger charge is -2.39. The number of hydrogen-bond acceptors (Lipinski definition) is 14. The Morgan fingerprint density at radius 2 is 1.21 bits per heavy atom. The van der Waals surface area contributed by atoms with Crippen molar-refractivity contribution in [1.29, 1.82) is 5.26 Å². The monoisotopic (exact) mass is 1140 g/mol. The molecule has 1 unspecified atom stereocenters. The van der Waals surface area contributed by atoms with Crippen molar-refractivity contribution in [2.75, 3.05) is 45.1 Å². The van der Waals surface area contributed by atoms with Crippen LogP contribution in [0.25, 0.3) is 11.2 Å². The maximum Gasteiger partial charge on any atom is 0.259 e. The van der Waals surface area contributed by atoms with Gasteiger partial charge in [0.1, 0.15) is 41.7 Å². The van der Waals surface area contributed by atoms with Crippen LogP contribution in [-0.2, 0) is 38.4 Å². The molecule has 0 radical (unpaired) electrons. The van der Waals surface area contributed by atoms with Gasteiger partial charge >= 0.3 is 0 Å². The molecule has 1 fully saturated rings. The molecule has 0 aliphatic carbocycles. The summed E-state index contributed by atoms with van der Waals surface area (Å²) in [5, 5.41) is 12.8. The van der Waals surface area contributed by atoms with Gasteiger partial charge in [0.15, 0.2) is 23.2 Å². The van der Waals surface area contributed by atoms with Crippen molar-refractivity contribution in [3.8, 4) is 17.6 Å². The fourth-order valence-corrected chi connectivity index (χ4v) is 13.8. The Labute approximate surface area is 487 Å². The molecule has 82 heavy (non-hydrogen) atoms. The Morgan fingerprint density at radius 3 is 1.70 bits per heavy atom. The number of rotatable bonds is 27. The topological polar surface area (TPSA) is 164 Å². The van der Waals surface area contributed by atoms with Crippen molar-refractivity contribution in [3.05, 3.63) is 216 Å². The second kappa shape index (κ2) is 27.8. The molecule has 1 amide bonds. The first-order valence-corrected chi connectivity index (χ1v) is 29.8. The number of benzene rings is 6. The Kier molecular flexibility index (Phi) is 20.2. The number of amides is 1. The highest BCUT2D eigenvalue weighted by atomic mass is 32.2. The van der Waals surface area contributed by atoms with Gasteiger partial charge in [0.05, 0.1) is 57.6 Å². The van der Waals surface area contributed by atoms with Crippen molar-refractivity contribution in [2.45, 2.75) is 94.9 Å². The Hall–Kier alpha value is -7.03. The summed E-state index contributed by atoms with van der Waals surface area (Å²) in [6, 6.07) is 59.8. The van der Waals surface area contributed by atoms with E-state index in [2.05, 4.69) is 134 Å². The molecule has 0 spiro atoms. The van der Waals surface area contributed by atoms with Gasteiger partial charge in [-0.2, -0.15) is 5.26 Å². The quantitative estimate of drug-likeness (QED) is 0.0294. The first-order valence-electron chi connectivity index (χ1n) is 27.7. The van der Waals surface area contributed by atoms with Gasteiger partial charge in [-0.3, -0.25) is 9.36 Å². The zero-order valence-corrected chi connectivity index (χ0v) is 49.4. The van der Waals surface area contributed by atoms with Crippen LogP contribution in [0.1, 0.15) is 87.6 Å². The number of aromatic nitrogens is 4. The van der Waals surface area contributed by atoms with E-state index in [1.165, 1.54) is 6.33 Å². The van der Waals surface area contributed by atoms with E-state index in [9.17, 15) is 10.1 Å². The molecule has 3 heterocycles. The van der Waals surface area contributed by atoms with Gasteiger partial charge in [-0.15, -0.1) is 11.8 Å². The van der Waals surface area contributed by atoms with E-state index in [-0.39, 0.29) is 56.0 Å². The molecule has 1 aliphatic rings. The van der Waals surface area contributed by atoms with Gasteiger partial charge in [-0.05, 0) is 85.3 Å². The fourth-order valence-electron chi connectivity index (χ4n) is 10.6. The molecule has 0 saturated carbocycles. The first kappa shape index (κ1) is 59.6. The highest BCUT2D eigenvalue weighted by Crippen LogP contribution is 2.53. The molecule has 8 aromatic rings. The number of thioether (sulfide) groups is 1. The van der Waals surface area contributed by atoms with E-state index in [4.69, 9.17) is 42.7 Å². The number of hydrogen-bond donors (Lipinski definition) is 1. The molecule has 6 aromatic carbocycles. The summed E-state index contributed by atoms with van der Waals surface area (Å²) >= 11 is 1.79. The van der Waals surface area contributed by atoms with Crippen LogP contribution in [0.3, 0.4) is 0 Å². The summed E-state index contributed by atoms with van der Waals surface area (Å²) in [6.45, 7) is 12.4. The number of methoxy groups -OCH3 is 2. The van der Waals surface area contributed by atoms with Crippen molar-refractivity contribution in [3.63, 3.8) is 0 Å². The van der Waals surface area contributed by atoms with Crippen LogP contribution in [0, 0.1) is 17.2 Å². The number of ether oxygens (including phenoxy) is 5. The van der Waals surface area contributed by atoms with E-state index in [0.717, 1.165) is 33.4 Å². The number of carbonyl (C=O) groups is 1. The lowest BCUT2D eigenvalue weighted by atomic mass is 9.80. The number of fused-ring (bicyclic) bond motifs is 1. The minimum atomic E-state index is -1.89. The van der Waals surface area contributed by atoms with Crippen LogP contribution in [-0.4, -0.2) is 100 Å². The van der Waals surface area contributed by atoms with Crippen LogP contribution in [0.5, 0.6) is 11.5 Å². The molecule has 0 bridgehead atoms. The zero-order chi connectivity index (χ0) is 57.6. The number of nitriles is 1. The Balaban J connectivity index is 1.19. The standard InChI is InChI=1S/C65H72N7O8PS/c1-45(2)62(73)70-60-57-61(68-43-67-60)71(44-69-57)63-59(76-40-41-82-65(51-24-15-10-16-25-51,52-26-17-11-18-27-52)53-28-19-12-20-29-53)58(80-81(78-39-21-38-66)72(46(3)4)47(5)6)56(79-63)42-77-64(48-22-13-9-14-23-48,49-30-34-54(74-7)35-31-49)50-32-36-55(75-8)37-33-50/h9-20,22-37,43-47,56,58-59,63H,21,39-42H2,1-8H3,(H,67,68,70,73)/t56-,58-,59-,63-,81?/m1/s1. The van der Waals surface area contributed by atoms with E-state index in [0.29, 0.717) is 28.4 Å². The Bertz CT molecular complexity index is 3170. The van der Waals surface area contributed by atoms with Crippen molar-refractivity contribution >= 4 is 43.2 Å². The maximum atomic E-state index is 13.2. The van der Waals surface area contributed by atoms with Gasteiger partial charge in [0.25, 0.3) is 8.53 Å². The first-order chi connectivity index (χ1) is 39.9. The molecule has 1 N–H and O–H groups in total. The molecule has 5 atom stereocenters. The molecular weight excluding hydrogens is 1070 g/mol. The average molecular weight is 1140 g/mol. The fraction of sp³-hybridized carbons (Fsp3) is 0.338. The second-order valence-corrected chi connectivity index (χ2v) is 23.4. The summed E-state index contributed by atoms with van der Waals surface area (Å²) in [5.41, 5.74) is 5.46. The number of nitrogens with one attached hydrogen (secondary N) is 1. The SMILES string of the molecule is COc1ccc(C(OC[C@H]2O[C@@H](n3cnc4c(NC(=O)C(C)C)ncnc43)[C@H](OCCSC(c3ccccc3)(c3ccccc3)c3ccccc3)[C@@H]2OP(OCCC#N)N(C(C)C)C(C)C)(c2ccccc2)c2ccc(OC)cc2)cc1. The van der Waals surface area contributed by atoms with Crippen LogP contribution >= 0.6 is 20.3 Å². The van der Waals surface area contributed by atoms with E-state index >= 15 is 0 Å². The van der Waals surface area contributed by atoms with Gasteiger partial charge < -0.3 is 38.0 Å². The number of anilines is 1. The summed E-state index contributed by atoms with van der Waals surface area (Å²) in [5.74, 6) is 1.65. The zero-order valence-electron chi connectivity index (χ0n) is 47.7. The van der Waals surface area contributed by atoms with Gasteiger partial charge in [-0.25, -0.2) is 19.6 Å². The lowest BCUT2D eigenvalue weighted by Crippen LogP contribution is -2.43. The Morgan fingerprint density at radius 1 is 0.695 bits per heavy atom. The van der Waals surface area contributed by atoms with Crippen molar-refractivity contribution < 1.29 is 37.5 Å². The van der Waals surface area contributed by atoms with Gasteiger partial charge in [-0.1, -0.05) is 159 Å². The minimum Gasteiger partial charge on any atom is -0.497 e. The summed E-state index contributed by atoms with van der Waals surface area (Å²) in [4.78, 5) is 27.3. The molecular formula is C65H72N7O8PS. The highest BCUT2D eigenvalue weighted by molar-refractivity contribution is 8.00.